The van der Waals surface area contributed by atoms with Crippen LogP contribution >= 0.6 is 0 Å². The number of benzene rings is 1. The molecule has 0 aliphatic rings. The first-order chi connectivity index (χ1) is 12.4. The van der Waals surface area contributed by atoms with Gasteiger partial charge >= 0.3 is 0 Å². The van der Waals surface area contributed by atoms with Crippen LogP contribution in [0.4, 0.5) is 5.69 Å². The molecule has 1 N–H and O–H groups in total. The number of aryl methyl sites for hydroxylation is 2. The molecule has 0 spiro atoms. The molecule has 0 heterocycles. The van der Waals surface area contributed by atoms with Crippen LogP contribution in [0.5, 0.6) is 0 Å². The number of carbonyl (C=O) groups is 2. The molecule has 4 heteroatoms. The third-order valence-corrected chi connectivity index (χ3v) is 4.89. The van der Waals surface area contributed by atoms with E-state index in [9.17, 15) is 9.59 Å². The average molecular weight is 361 g/mol. The van der Waals surface area contributed by atoms with Crippen LogP contribution in [0, 0.1) is 13.8 Å². The van der Waals surface area contributed by atoms with Crippen LogP contribution in [-0.2, 0) is 4.79 Å². The maximum absolute atomic E-state index is 12.4. The van der Waals surface area contributed by atoms with Gasteiger partial charge in [-0.15, -0.1) is 0 Å². The summed E-state index contributed by atoms with van der Waals surface area (Å²) in [5, 5.41) is 3.02. The molecule has 1 amide bonds. The number of rotatable bonds is 12. The fourth-order valence-corrected chi connectivity index (χ4v) is 3.18. The van der Waals surface area contributed by atoms with E-state index in [1.165, 1.54) is 19.3 Å². The van der Waals surface area contributed by atoms with Gasteiger partial charge in [-0.1, -0.05) is 46.5 Å². The number of Topliss-reactive ketones (excluding diaryl/α,β-unsaturated/α-hetero) is 1. The average Bonchev–Trinajstić information content (AvgIpc) is 2.62. The summed E-state index contributed by atoms with van der Waals surface area (Å²) in [6, 6.07) is 3.82. The highest BCUT2D eigenvalue weighted by Gasteiger charge is 2.14. The second-order valence-corrected chi connectivity index (χ2v) is 7.08. The first-order valence-corrected chi connectivity index (χ1v) is 10.1. The minimum Gasteiger partial charge on any atom is -0.324 e. The van der Waals surface area contributed by atoms with E-state index in [0.29, 0.717) is 13.0 Å². The summed E-state index contributed by atoms with van der Waals surface area (Å²) in [5.74, 6) is 0.198. The topological polar surface area (TPSA) is 49.4 Å². The van der Waals surface area contributed by atoms with Crippen molar-refractivity contribution >= 4 is 17.4 Å². The monoisotopic (exact) mass is 360 g/mol. The molecule has 0 aliphatic heterocycles. The summed E-state index contributed by atoms with van der Waals surface area (Å²) < 4.78 is 0. The van der Waals surface area contributed by atoms with Gasteiger partial charge < -0.3 is 5.32 Å². The molecule has 1 aromatic carbocycles. The van der Waals surface area contributed by atoms with Gasteiger partial charge in [-0.05, 0) is 56.6 Å². The lowest BCUT2D eigenvalue weighted by molar-refractivity contribution is -0.117. The van der Waals surface area contributed by atoms with E-state index >= 15 is 0 Å². The lowest BCUT2D eigenvalue weighted by Crippen LogP contribution is -2.33. The molecule has 0 aliphatic carbocycles. The Labute approximate surface area is 159 Å². The van der Waals surface area contributed by atoms with Gasteiger partial charge in [0.05, 0.1) is 6.54 Å². The van der Waals surface area contributed by atoms with Crippen molar-refractivity contribution in [3.8, 4) is 0 Å². The molecule has 1 aromatic rings. The summed E-state index contributed by atoms with van der Waals surface area (Å²) in [5.41, 5.74) is 3.50. The lowest BCUT2D eigenvalue weighted by Gasteiger charge is -2.19. The number of nitrogens with zero attached hydrogens (tertiary/aromatic N) is 1. The van der Waals surface area contributed by atoms with E-state index in [4.69, 9.17) is 0 Å². The second kappa shape index (κ2) is 11.8. The molecule has 0 saturated heterocycles. The number of anilines is 1. The molecule has 0 saturated carbocycles. The van der Waals surface area contributed by atoms with Crippen LogP contribution in [0.1, 0.15) is 80.8 Å². The number of amides is 1. The standard InChI is InChI=1S/C22H36N2O2/c1-6-9-10-11-12-13-20(25)19-14-17(4)22(18(5)15-19)23-21(26)16-24(7-2)8-3/h14-15H,6-13,16H2,1-5H3,(H,23,26). The van der Waals surface area contributed by atoms with E-state index in [2.05, 4.69) is 31.0 Å². The Morgan fingerprint density at radius 3 is 2.04 bits per heavy atom. The third-order valence-electron chi connectivity index (χ3n) is 4.89. The minimum absolute atomic E-state index is 0.00472. The maximum Gasteiger partial charge on any atom is 0.238 e. The first kappa shape index (κ1) is 22.4. The van der Waals surface area contributed by atoms with Crippen LogP contribution in [0.2, 0.25) is 0 Å². The number of likely N-dealkylation sites (N-methyl/N-ethyl adjacent to an activating group) is 1. The predicted molar refractivity (Wildman–Crippen MR) is 110 cm³/mol. The zero-order valence-corrected chi connectivity index (χ0v) is 17.3. The van der Waals surface area contributed by atoms with Crippen molar-refractivity contribution in [2.45, 2.75) is 73.1 Å². The highest BCUT2D eigenvalue weighted by Crippen LogP contribution is 2.23. The second-order valence-electron chi connectivity index (χ2n) is 7.08. The smallest absolute Gasteiger partial charge is 0.238 e. The summed E-state index contributed by atoms with van der Waals surface area (Å²) in [7, 11) is 0. The van der Waals surface area contributed by atoms with Crippen molar-refractivity contribution in [2.75, 3.05) is 25.0 Å². The van der Waals surface area contributed by atoms with E-state index in [-0.39, 0.29) is 11.7 Å². The zero-order valence-electron chi connectivity index (χ0n) is 17.3. The Morgan fingerprint density at radius 1 is 0.923 bits per heavy atom. The quantitative estimate of drug-likeness (QED) is 0.415. The SMILES string of the molecule is CCCCCCCC(=O)c1cc(C)c(NC(=O)CN(CC)CC)c(C)c1. The molecule has 26 heavy (non-hydrogen) atoms. The van der Waals surface area contributed by atoms with Gasteiger partial charge in [-0.2, -0.15) is 0 Å². The van der Waals surface area contributed by atoms with Crippen molar-refractivity contribution in [1.29, 1.82) is 0 Å². The Hall–Kier alpha value is -1.68. The van der Waals surface area contributed by atoms with Crippen molar-refractivity contribution < 1.29 is 9.59 Å². The molecule has 0 aromatic heterocycles. The Kier molecular flexibility index (Phi) is 10.2. The van der Waals surface area contributed by atoms with Gasteiger partial charge in [0.2, 0.25) is 5.91 Å². The van der Waals surface area contributed by atoms with Crippen molar-refractivity contribution in [3.05, 3.63) is 28.8 Å². The van der Waals surface area contributed by atoms with Gasteiger partial charge in [0.1, 0.15) is 0 Å². The van der Waals surface area contributed by atoms with Gasteiger partial charge in [-0.25, -0.2) is 0 Å². The van der Waals surface area contributed by atoms with Crippen molar-refractivity contribution in [2.24, 2.45) is 0 Å². The molecule has 0 atom stereocenters. The molecule has 0 bridgehead atoms. The maximum atomic E-state index is 12.4. The van der Waals surface area contributed by atoms with E-state index in [1.54, 1.807) is 0 Å². The summed E-state index contributed by atoms with van der Waals surface area (Å²) >= 11 is 0. The fourth-order valence-electron chi connectivity index (χ4n) is 3.18. The molecular formula is C22H36N2O2. The summed E-state index contributed by atoms with van der Waals surface area (Å²) in [4.78, 5) is 26.8. The molecule has 146 valence electrons. The summed E-state index contributed by atoms with van der Waals surface area (Å²) in [6.45, 7) is 12.3. The molecular weight excluding hydrogens is 324 g/mol. The Bertz CT molecular complexity index is 569. The Morgan fingerprint density at radius 2 is 1.50 bits per heavy atom. The van der Waals surface area contributed by atoms with Crippen molar-refractivity contribution in [1.82, 2.24) is 4.90 Å². The van der Waals surface area contributed by atoms with Gasteiger partial charge in [0.15, 0.2) is 5.78 Å². The number of ketones is 1. The molecule has 1 rings (SSSR count). The third kappa shape index (κ3) is 7.28. The van der Waals surface area contributed by atoms with Gasteiger partial charge in [-0.3, -0.25) is 14.5 Å². The van der Waals surface area contributed by atoms with Gasteiger partial charge in [0.25, 0.3) is 0 Å². The van der Waals surface area contributed by atoms with Crippen molar-refractivity contribution in [3.63, 3.8) is 0 Å². The fraction of sp³-hybridized carbons (Fsp3) is 0.636. The number of hydrogen-bond donors (Lipinski definition) is 1. The van der Waals surface area contributed by atoms with Crippen LogP contribution in [0.15, 0.2) is 12.1 Å². The zero-order chi connectivity index (χ0) is 19.5. The first-order valence-electron chi connectivity index (χ1n) is 10.1. The molecule has 0 unspecified atom stereocenters. The largest absolute Gasteiger partial charge is 0.324 e. The van der Waals surface area contributed by atoms with Gasteiger partial charge in [0, 0.05) is 17.7 Å². The predicted octanol–water partition coefficient (Wildman–Crippen LogP) is 5.13. The summed E-state index contributed by atoms with van der Waals surface area (Å²) in [6.07, 6.45) is 6.36. The lowest BCUT2D eigenvalue weighted by atomic mass is 9.98. The van der Waals surface area contributed by atoms with Crippen LogP contribution in [0.3, 0.4) is 0 Å². The van der Waals surface area contributed by atoms with Crippen LogP contribution in [0.25, 0.3) is 0 Å². The molecule has 4 nitrogen and oxygen atoms in total. The highest BCUT2D eigenvalue weighted by molar-refractivity contribution is 5.99. The Balaban J connectivity index is 2.69. The van der Waals surface area contributed by atoms with E-state index in [0.717, 1.165) is 48.3 Å². The molecule has 0 radical (unpaired) electrons. The van der Waals surface area contributed by atoms with E-state index in [1.807, 2.05) is 26.0 Å². The highest BCUT2D eigenvalue weighted by atomic mass is 16.2. The van der Waals surface area contributed by atoms with Crippen LogP contribution in [-0.4, -0.2) is 36.2 Å². The van der Waals surface area contributed by atoms with Crippen LogP contribution < -0.4 is 5.32 Å². The number of nitrogens with one attached hydrogen (secondary N) is 1. The number of hydrogen-bond acceptors (Lipinski definition) is 3. The minimum atomic E-state index is -0.00472. The van der Waals surface area contributed by atoms with E-state index < -0.39 is 0 Å². The number of carbonyl (C=O) groups excluding carboxylic acids is 2. The molecule has 0 fully saturated rings. The number of unbranched alkanes of at least 4 members (excludes halogenated alkanes) is 4. The normalized spacial score (nSPS) is 11.0.